The zero-order chi connectivity index (χ0) is 13.0. The van der Waals surface area contributed by atoms with E-state index >= 15 is 0 Å². The summed E-state index contributed by atoms with van der Waals surface area (Å²) < 4.78 is 0.861. The van der Waals surface area contributed by atoms with Crippen molar-refractivity contribution in [3.8, 4) is 0 Å². The van der Waals surface area contributed by atoms with Crippen molar-refractivity contribution in [3.05, 3.63) is 57.8 Å². The third kappa shape index (κ3) is 3.55. The molecule has 1 aromatic carbocycles. The Morgan fingerprint density at radius 1 is 1.33 bits per heavy atom. The van der Waals surface area contributed by atoms with Crippen molar-refractivity contribution in [2.24, 2.45) is 0 Å². The van der Waals surface area contributed by atoms with Crippen LogP contribution in [0.1, 0.15) is 5.69 Å². The molecule has 92 valence electrons. The second-order valence-corrected chi connectivity index (χ2v) is 4.99. The highest BCUT2D eigenvalue weighted by atomic mass is 79.9. The summed E-state index contributed by atoms with van der Waals surface area (Å²) in [5.74, 6) is -0.145. The lowest BCUT2D eigenvalue weighted by Crippen LogP contribution is -2.15. The topological polar surface area (TPSA) is 42.0 Å². The number of benzene rings is 1. The van der Waals surface area contributed by atoms with Crippen LogP contribution >= 0.6 is 27.5 Å². The maximum Gasteiger partial charge on any atom is 0.230 e. The highest BCUT2D eigenvalue weighted by molar-refractivity contribution is 9.10. The first-order valence-electron chi connectivity index (χ1n) is 5.30. The minimum absolute atomic E-state index is 0.145. The van der Waals surface area contributed by atoms with Crippen LogP contribution in [0, 0.1) is 0 Å². The van der Waals surface area contributed by atoms with Crippen molar-refractivity contribution < 1.29 is 4.79 Å². The maximum atomic E-state index is 11.8. The number of halogens is 2. The molecule has 0 fully saturated rings. The summed E-state index contributed by atoms with van der Waals surface area (Å²) in [6.07, 6.45) is 1.89. The summed E-state index contributed by atoms with van der Waals surface area (Å²) in [7, 11) is 0. The van der Waals surface area contributed by atoms with E-state index in [9.17, 15) is 4.79 Å². The molecule has 0 saturated heterocycles. The summed E-state index contributed by atoms with van der Waals surface area (Å²) in [6.45, 7) is 0. The average molecular weight is 326 g/mol. The molecular weight excluding hydrogens is 316 g/mol. The molecule has 0 saturated carbocycles. The number of aromatic nitrogens is 1. The van der Waals surface area contributed by atoms with E-state index in [0.29, 0.717) is 10.7 Å². The molecule has 0 atom stereocenters. The summed E-state index contributed by atoms with van der Waals surface area (Å²) >= 11 is 9.32. The fourth-order valence-corrected chi connectivity index (χ4v) is 1.98. The van der Waals surface area contributed by atoms with Gasteiger partial charge in [-0.25, -0.2) is 0 Å². The van der Waals surface area contributed by atoms with E-state index in [4.69, 9.17) is 11.6 Å². The number of rotatable bonds is 3. The van der Waals surface area contributed by atoms with E-state index in [2.05, 4.69) is 26.2 Å². The molecule has 0 aliphatic heterocycles. The SMILES string of the molecule is O=C(Cc1ccccn1)Nc1cc(Br)ccc1Cl. The highest BCUT2D eigenvalue weighted by Crippen LogP contribution is 2.25. The van der Waals surface area contributed by atoms with Crippen LogP contribution in [0.5, 0.6) is 0 Å². The molecule has 0 aliphatic rings. The summed E-state index contributed by atoms with van der Waals surface area (Å²) in [5, 5.41) is 3.27. The molecule has 18 heavy (non-hydrogen) atoms. The van der Waals surface area contributed by atoms with Gasteiger partial charge in [0.05, 0.1) is 17.1 Å². The lowest BCUT2D eigenvalue weighted by atomic mass is 10.2. The van der Waals surface area contributed by atoms with Crippen molar-refractivity contribution in [2.45, 2.75) is 6.42 Å². The zero-order valence-corrected chi connectivity index (χ0v) is 11.7. The van der Waals surface area contributed by atoms with Crippen LogP contribution in [0.25, 0.3) is 0 Å². The number of amides is 1. The number of hydrogen-bond acceptors (Lipinski definition) is 2. The van der Waals surface area contributed by atoms with E-state index in [0.717, 1.165) is 10.2 Å². The maximum absolute atomic E-state index is 11.8. The summed E-state index contributed by atoms with van der Waals surface area (Å²) in [5.41, 5.74) is 1.31. The van der Waals surface area contributed by atoms with Gasteiger partial charge in [-0.05, 0) is 30.3 Å². The number of carbonyl (C=O) groups is 1. The van der Waals surface area contributed by atoms with Crippen molar-refractivity contribution in [2.75, 3.05) is 5.32 Å². The molecule has 1 amide bonds. The van der Waals surface area contributed by atoms with Crippen molar-refractivity contribution in [3.63, 3.8) is 0 Å². The largest absolute Gasteiger partial charge is 0.324 e. The van der Waals surface area contributed by atoms with Crippen LogP contribution in [-0.2, 0) is 11.2 Å². The quantitative estimate of drug-likeness (QED) is 0.935. The first kappa shape index (κ1) is 13.1. The van der Waals surface area contributed by atoms with Gasteiger partial charge in [0.25, 0.3) is 0 Å². The minimum Gasteiger partial charge on any atom is -0.324 e. The fourth-order valence-electron chi connectivity index (χ4n) is 1.45. The van der Waals surface area contributed by atoms with Crippen LogP contribution < -0.4 is 5.32 Å². The van der Waals surface area contributed by atoms with Gasteiger partial charge in [-0.15, -0.1) is 0 Å². The van der Waals surface area contributed by atoms with Gasteiger partial charge in [0, 0.05) is 16.4 Å². The van der Waals surface area contributed by atoms with Crippen molar-refractivity contribution in [1.82, 2.24) is 4.98 Å². The smallest absolute Gasteiger partial charge is 0.230 e. The molecule has 1 aromatic heterocycles. The summed E-state index contributed by atoms with van der Waals surface area (Å²) in [4.78, 5) is 15.9. The average Bonchev–Trinajstić information content (AvgIpc) is 2.35. The monoisotopic (exact) mass is 324 g/mol. The van der Waals surface area contributed by atoms with Gasteiger partial charge in [-0.1, -0.05) is 33.6 Å². The predicted molar refractivity (Wildman–Crippen MR) is 75.7 cm³/mol. The molecule has 1 heterocycles. The molecule has 0 radical (unpaired) electrons. The third-order valence-electron chi connectivity index (χ3n) is 2.27. The molecular formula is C13H10BrClN2O. The molecule has 1 N–H and O–H groups in total. The first-order valence-corrected chi connectivity index (χ1v) is 6.47. The van der Waals surface area contributed by atoms with Crippen LogP contribution in [-0.4, -0.2) is 10.9 Å². The molecule has 0 aliphatic carbocycles. The normalized spacial score (nSPS) is 10.1. The fraction of sp³-hybridized carbons (Fsp3) is 0.0769. The molecule has 0 unspecified atom stereocenters. The number of nitrogens with one attached hydrogen (secondary N) is 1. The minimum atomic E-state index is -0.145. The Balaban J connectivity index is 2.05. The summed E-state index contributed by atoms with van der Waals surface area (Å²) in [6, 6.07) is 10.8. The molecule has 3 nitrogen and oxygen atoms in total. The van der Waals surface area contributed by atoms with E-state index in [-0.39, 0.29) is 12.3 Å². The number of nitrogens with zero attached hydrogens (tertiary/aromatic N) is 1. The lowest BCUT2D eigenvalue weighted by Gasteiger charge is -2.07. The van der Waals surface area contributed by atoms with E-state index in [1.807, 2.05) is 24.3 Å². The Bertz CT molecular complexity index is 560. The first-order chi connectivity index (χ1) is 8.65. The number of anilines is 1. The Labute approximate surface area is 118 Å². The Hall–Kier alpha value is -1.39. The van der Waals surface area contributed by atoms with Gasteiger partial charge in [-0.3, -0.25) is 9.78 Å². The van der Waals surface area contributed by atoms with Crippen molar-refractivity contribution >= 4 is 39.1 Å². The van der Waals surface area contributed by atoms with Gasteiger partial charge in [0.1, 0.15) is 0 Å². The Morgan fingerprint density at radius 3 is 2.89 bits per heavy atom. The van der Waals surface area contributed by atoms with Gasteiger partial charge < -0.3 is 5.32 Å². The number of pyridine rings is 1. The lowest BCUT2D eigenvalue weighted by molar-refractivity contribution is -0.115. The van der Waals surface area contributed by atoms with Crippen LogP contribution in [0.15, 0.2) is 47.1 Å². The molecule has 2 aromatic rings. The van der Waals surface area contributed by atoms with Gasteiger partial charge in [0.2, 0.25) is 5.91 Å². The van der Waals surface area contributed by atoms with Gasteiger partial charge in [0.15, 0.2) is 0 Å². The number of carbonyl (C=O) groups excluding carboxylic acids is 1. The zero-order valence-electron chi connectivity index (χ0n) is 9.36. The van der Waals surface area contributed by atoms with Crippen molar-refractivity contribution in [1.29, 1.82) is 0 Å². The Kier molecular flexibility index (Phi) is 4.33. The van der Waals surface area contributed by atoms with Crippen LogP contribution in [0.3, 0.4) is 0 Å². The predicted octanol–water partition coefficient (Wildman–Crippen LogP) is 3.68. The van der Waals surface area contributed by atoms with Crippen LogP contribution in [0.2, 0.25) is 5.02 Å². The van der Waals surface area contributed by atoms with E-state index in [1.54, 1.807) is 18.3 Å². The van der Waals surface area contributed by atoms with E-state index in [1.165, 1.54) is 0 Å². The molecule has 0 spiro atoms. The van der Waals surface area contributed by atoms with Gasteiger partial charge in [-0.2, -0.15) is 0 Å². The van der Waals surface area contributed by atoms with Gasteiger partial charge >= 0.3 is 0 Å². The Morgan fingerprint density at radius 2 is 2.17 bits per heavy atom. The molecule has 0 bridgehead atoms. The third-order valence-corrected chi connectivity index (χ3v) is 3.09. The molecule has 5 heteroatoms. The number of hydrogen-bond donors (Lipinski definition) is 1. The second kappa shape index (κ2) is 5.98. The van der Waals surface area contributed by atoms with E-state index < -0.39 is 0 Å². The standard InChI is InChI=1S/C13H10BrClN2O/c14-9-4-5-11(15)12(7-9)17-13(18)8-10-3-1-2-6-16-10/h1-7H,8H2,(H,17,18). The van der Waals surface area contributed by atoms with Crippen LogP contribution in [0.4, 0.5) is 5.69 Å². The molecule has 2 rings (SSSR count). The second-order valence-electron chi connectivity index (χ2n) is 3.67. The highest BCUT2D eigenvalue weighted by Gasteiger charge is 2.07.